The lowest BCUT2D eigenvalue weighted by atomic mass is 10.1. The first-order valence-electron chi connectivity index (χ1n) is 7.75. The number of ether oxygens (including phenoxy) is 3. The predicted octanol–water partition coefficient (Wildman–Crippen LogP) is 3.32. The zero-order valence-electron chi connectivity index (χ0n) is 13.2. The van der Waals surface area contributed by atoms with Gasteiger partial charge in [0.15, 0.2) is 17.6 Å². The summed E-state index contributed by atoms with van der Waals surface area (Å²) in [6.07, 6.45) is -0.194. The van der Waals surface area contributed by atoms with E-state index in [4.69, 9.17) is 18.6 Å². The lowest BCUT2D eigenvalue weighted by Crippen LogP contribution is -2.34. The maximum absolute atomic E-state index is 11.5. The second-order valence-corrected chi connectivity index (χ2v) is 5.72. The van der Waals surface area contributed by atoms with Crippen LogP contribution < -0.4 is 19.8 Å². The summed E-state index contributed by atoms with van der Waals surface area (Å²) in [5, 5.41) is 0.896. The number of para-hydroxylation sites is 2. The first kappa shape index (κ1) is 14.6. The number of hydrogen-bond acceptors (Lipinski definition) is 5. The third kappa shape index (κ3) is 2.80. The molecule has 1 unspecified atom stereocenters. The normalized spacial score (nSPS) is 16.1. The van der Waals surface area contributed by atoms with Crippen molar-refractivity contribution in [3.63, 3.8) is 0 Å². The number of aryl methyl sites for hydroxylation is 1. The first-order chi connectivity index (χ1) is 11.7. The predicted molar refractivity (Wildman–Crippen MR) is 89.1 cm³/mol. The Morgan fingerprint density at radius 3 is 2.83 bits per heavy atom. The van der Waals surface area contributed by atoms with Gasteiger partial charge in [-0.25, -0.2) is 4.79 Å². The van der Waals surface area contributed by atoms with Crippen molar-refractivity contribution in [1.82, 2.24) is 0 Å². The molecule has 0 spiro atoms. The Bertz CT molecular complexity index is 944. The van der Waals surface area contributed by atoms with Crippen LogP contribution in [0.15, 0.2) is 57.7 Å². The van der Waals surface area contributed by atoms with Crippen molar-refractivity contribution in [2.24, 2.45) is 0 Å². The highest BCUT2D eigenvalue weighted by Gasteiger charge is 2.21. The summed E-state index contributed by atoms with van der Waals surface area (Å²) in [4.78, 5) is 11.5. The minimum atomic E-state index is -0.363. The highest BCUT2D eigenvalue weighted by Crippen LogP contribution is 2.31. The van der Waals surface area contributed by atoms with Gasteiger partial charge in [-0.3, -0.25) is 0 Å². The maximum atomic E-state index is 11.5. The molecule has 0 amide bonds. The van der Waals surface area contributed by atoms with Crippen LogP contribution in [0.4, 0.5) is 0 Å². The smallest absolute Gasteiger partial charge is 0.336 e. The topological polar surface area (TPSA) is 57.9 Å². The molecule has 0 aliphatic carbocycles. The fraction of sp³-hybridized carbons (Fsp3) is 0.211. The molecule has 1 aromatic heterocycles. The second kappa shape index (κ2) is 5.92. The lowest BCUT2D eigenvalue weighted by Gasteiger charge is -2.26. The Hall–Kier alpha value is -2.95. The van der Waals surface area contributed by atoms with Gasteiger partial charge in [-0.05, 0) is 36.8 Å². The van der Waals surface area contributed by atoms with Crippen LogP contribution in [0.3, 0.4) is 0 Å². The van der Waals surface area contributed by atoms with Crippen LogP contribution in [0.1, 0.15) is 5.56 Å². The van der Waals surface area contributed by atoms with Crippen molar-refractivity contribution >= 4 is 11.0 Å². The van der Waals surface area contributed by atoms with E-state index < -0.39 is 0 Å². The van der Waals surface area contributed by atoms with Crippen LogP contribution in [0.25, 0.3) is 11.0 Å². The Kier molecular flexibility index (Phi) is 3.61. The van der Waals surface area contributed by atoms with E-state index in [0.717, 1.165) is 22.4 Å². The molecule has 1 atom stereocenters. The molecule has 5 nitrogen and oxygen atoms in total. The Morgan fingerprint density at radius 1 is 1.12 bits per heavy atom. The highest BCUT2D eigenvalue weighted by molar-refractivity contribution is 5.81. The van der Waals surface area contributed by atoms with E-state index in [1.54, 1.807) is 6.07 Å². The largest absolute Gasteiger partial charge is 0.489 e. The van der Waals surface area contributed by atoms with Crippen molar-refractivity contribution in [2.75, 3.05) is 13.2 Å². The molecule has 0 bridgehead atoms. The van der Waals surface area contributed by atoms with Crippen molar-refractivity contribution in [3.05, 3.63) is 64.5 Å². The van der Waals surface area contributed by atoms with Gasteiger partial charge < -0.3 is 18.6 Å². The van der Waals surface area contributed by atoms with Crippen molar-refractivity contribution < 1.29 is 18.6 Å². The van der Waals surface area contributed by atoms with Gasteiger partial charge in [-0.15, -0.1) is 0 Å². The zero-order valence-corrected chi connectivity index (χ0v) is 13.2. The maximum Gasteiger partial charge on any atom is 0.336 e. The summed E-state index contributed by atoms with van der Waals surface area (Å²) in [5.41, 5.74) is 1.04. The zero-order chi connectivity index (χ0) is 16.5. The molecular weight excluding hydrogens is 308 g/mol. The SMILES string of the molecule is Cc1cc(=O)oc2cc(OCC3COc4ccccc4O3)ccc12. The summed E-state index contributed by atoms with van der Waals surface area (Å²) >= 11 is 0. The average Bonchev–Trinajstić information content (AvgIpc) is 2.59. The highest BCUT2D eigenvalue weighted by atomic mass is 16.6. The van der Waals surface area contributed by atoms with Crippen LogP contribution in [0.5, 0.6) is 17.2 Å². The molecule has 24 heavy (non-hydrogen) atoms. The van der Waals surface area contributed by atoms with E-state index in [2.05, 4.69) is 0 Å². The molecule has 0 N–H and O–H groups in total. The summed E-state index contributed by atoms with van der Waals surface area (Å²) in [5.74, 6) is 2.09. The summed E-state index contributed by atoms with van der Waals surface area (Å²) < 4.78 is 22.5. The summed E-state index contributed by atoms with van der Waals surface area (Å²) in [7, 11) is 0. The van der Waals surface area contributed by atoms with E-state index in [1.807, 2.05) is 43.3 Å². The number of rotatable bonds is 3. The molecule has 0 radical (unpaired) electrons. The van der Waals surface area contributed by atoms with Crippen LogP contribution in [-0.4, -0.2) is 19.3 Å². The van der Waals surface area contributed by atoms with Gasteiger partial charge in [0.2, 0.25) is 0 Å². The standard InChI is InChI=1S/C19H16O5/c1-12-8-19(20)24-18-9-13(6-7-15(12)18)21-10-14-11-22-16-4-2-3-5-17(16)23-14/h2-9,14H,10-11H2,1H3. The molecular formula is C19H16O5. The van der Waals surface area contributed by atoms with E-state index in [1.165, 1.54) is 6.07 Å². The van der Waals surface area contributed by atoms with Crippen LogP contribution >= 0.6 is 0 Å². The molecule has 0 saturated carbocycles. The molecule has 2 heterocycles. The molecule has 2 aromatic carbocycles. The molecule has 0 saturated heterocycles. The van der Waals surface area contributed by atoms with E-state index in [-0.39, 0.29) is 11.7 Å². The fourth-order valence-electron chi connectivity index (χ4n) is 2.73. The fourth-order valence-corrected chi connectivity index (χ4v) is 2.73. The molecule has 4 rings (SSSR count). The van der Waals surface area contributed by atoms with Gasteiger partial charge in [-0.2, -0.15) is 0 Å². The van der Waals surface area contributed by atoms with E-state index in [0.29, 0.717) is 24.5 Å². The Balaban J connectivity index is 1.48. The minimum Gasteiger partial charge on any atom is -0.489 e. The Labute approximate surface area is 138 Å². The van der Waals surface area contributed by atoms with Crippen LogP contribution in [-0.2, 0) is 0 Å². The summed E-state index contributed by atoms with van der Waals surface area (Å²) in [6.45, 7) is 2.65. The average molecular weight is 324 g/mol. The quantitative estimate of drug-likeness (QED) is 0.692. The van der Waals surface area contributed by atoms with Crippen LogP contribution in [0, 0.1) is 6.92 Å². The van der Waals surface area contributed by atoms with Gasteiger partial charge >= 0.3 is 5.63 Å². The van der Waals surface area contributed by atoms with Gasteiger partial charge in [-0.1, -0.05) is 12.1 Å². The number of fused-ring (bicyclic) bond motifs is 2. The van der Waals surface area contributed by atoms with Crippen molar-refractivity contribution in [2.45, 2.75) is 13.0 Å². The minimum absolute atomic E-state index is 0.194. The number of hydrogen-bond donors (Lipinski definition) is 0. The van der Waals surface area contributed by atoms with Crippen molar-refractivity contribution in [3.8, 4) is 17.2 Å². The van der Waals surface area contributed by atoms with Crippen molar-refractivity contribution in [1.29, 1.82) is 0 Å². The molecule has 3 aromatic rings. The Morgan fingerprint density at radius 2 is 1.96 bits per heavy atom. The van der Waals surface area contributed by atoms with E-state index >= 15 is 0 Å². The lowest BCUT2D eigenvalue weighted by molar-refractivity contribution is 0.0536. The van der Waals surface area contributed by atoms with E-state index in [9.17, 15) is 4.79 Å². The molecule has 5 heteroatoms. The first-order valence-corrected chi connectivity index (χ1v) is 7.75. The summed E-state index contributed by atoms with van der Waals surface area (Å²) in [6, 6.07) is 14.5. The monoisotopic (exact) mass is 324 g/mol. The molecule has 0 fully saturated rings. The third-order valence-electron chi connectivity index (χ3n) is 3.93. The van der Waals surface area contributed by atoms with Gasteiger partial charge in [0.05, 0.1) is 0 Å². The second-order valence-electron chi connectivity index (χ2n) is 5.72. The van der Waals surface area contributed by atoms with Gasteiger partial charge in [0, 0.05) is 17.5 Å². The molecule has 1 aliphatic rings. The van der Waals surface area contributed by atoms with Gasteiger partial charge in [0.1, 0.15) is 24.5 Å². The number of benzene rings is 2. The third-order valence-corrected chi connectivity index (χ3v) is 3.93. The van der Waals surface area contributed by atoms with Gasteiger partial charge in [0.25, 0.3) is 0 Å². The molecule has 1 aliphatic heterocycles. The molecule has 122 valence electrons. The van der Waals surface area contributed by atoms with Crippen LogP contribution in [0.2, 0.25) is 0 Å².